The molecule has 5 heteroatoms. The molecule has 0 unspecified atom stereocenters. The van der Waals surface area contributed by atoms with Crippen LogP contribution in [0.4, 0.5) is 11.4 Å². The molecule has 0 saturated carbocycles. The van der Waals surface area contributed by atoms with Crippen molar-refractivity contribution in [1.29, 1.82) is 0 Å². The molecule has 2 heterocycles. The Morgan fingerprint density at radius 3 is 2.60 bits per heavy atom. The van der Waals surface area contributed by atoms with Crippen molar-refractivity contribution in [3.63, 3.8) is 0 Å². The molecule has 1 N–H and O–H groups in total. The maximum absolute atomic E-state index is 13.3. The number of rotatable bonds is 1. The van der Waals surface area contributed by atoms with Gasteiger partial charge in [-0.2, -0.15) is 9.78 Å². The summed E-state index contributed by atoms with van der Waals surface area (Å²) in [5.41, 5.74) is 4.82. The molecule has 0 bridgehead atoms. The third-order valence-electron chi connectivity index (χ3n) is 4.43. The molecule has 1 aliphatic rings. The van der Waals surface area contributed by atoms with E-state index in [1.807, 2.05) is 66.7 Å². The number of anilines is 2. The van der Waals surface area contributed by atoms with Gasteiger partial charge in [0.2, 0.25) is 0 Å². The second-order valence-corrected chi connectivity index (χ2v) is 6.86. The van der Waals surface area contributed by atoms with Crippen LogP contribution in [0.1, 0.15) is 0 Å². The lowest BCUT2D eigenvalue weighted by Crippen LogP contribution is -2.24. The third-order valence-corrected chi connectivity index (χ3v) is 4.92. The Kier molecular flexibility index (Phi) is 3.05. The highest BCUT2D eigenvalue weighted by Gasteiger charge is 2.23. The van der Waals surface area contributed by atoms with Crippen molar-refractivity contribution in [3.05, 3.63) is 81.6 Å². The first-order valence-electron chi connectivity index (χ1n) is 7.91. The average molecular weight is 390 g/mol. The van der Waals surface area contributed by atoms with Crippen LogP contribution in [-0.2, 0) is 0 Å². The predicted molar refractivity (Wildman–Crippen MR) is 104 cm³/mol. The summed E-state index contributed by atoms with van der Waals surface area (Å²) in [4.78, 5) is 13.3. The van der Waals surface area contributed by atoms with E-state index in [1.54, 1.807) is 0 Å². The normalized spacial score (nSPS) is 11.9. The van der Waals surface area contributed by atoms with Crippen LogP contribution in [0, 0.1) is 0 Å². The van der Waals surface area contributed by atoms with Crippen LogP contribution in [0.15, 0.2) is 76.0 Å². The number of fused-ring (bicyclic) bond motifs is 2. The Hall–Kier alpha value is -2.92. The van der Waals surface area contributed by atoms with Gasteiger partial charge in [0.15, 0.2) is 0 Å². The van der Waals surface area contributed by atoms with Gasteiger partial charge in [-0.3, -0.25) is 4.79 Å². The molecule has 1 aliphatic heterocycles. The monoisotopic (exact) mass is 389 g/mol. The molecule has 0 saturated heterocycles. The summed E-state index contributed by atoms with van der Waals surface area (Å²) < 4.78 is 2.42. The lowest BCUT2D eigenvalue weighted by molar-refractivity contribution is 0.834. The summed E-state index contributed by atoms with van der Waals surface area (Å²) >= 11 is 3.51. The van der Waals surface area contributed by atoms with Gasteiger partial charge in [-0.25, -0.2) is 0 Å². The molecule has 3 aromatic carbocycles. The number of hydrogen-bond acceptors (Lipinski definition) is 3. The van der Waals surface area contributed by atoms with Crippen LogP contribution in [-0.4, -0.2) is 9.78 Å². The minimum atomic E-state index is -0.119. The summed E-state index contributed by atoms with van der Waals surface area (Å²) in [5, 5.41) is 8.87. The fraction of sp³-hybridized carbons (Fsp3) is 0. The van der Waals surface area contributed by atoms with Gasteiger partial charge in [0.25, 0.3) is 5.56 Å². The molecule has 0 fully saturated rings. The highest BCUT2D eigenvalue weighted by molar-refractivity contribution is 9.10. The number of nitrogens with one attached hydrogen (secondary N) is 1. The van der Waals surface area contributed by atoms with Gasteiger partial charge < -0.3 is 5.32 Å². The third kappa shape index (κ3) is 2.13. The van der Waals surface area contributed by atoms with E-state index in [1.165, 1.54) is 4.68 Å². The average Bonchev–Trinajstić information content (AvgIpc) is 2.64. The van der Waals surface area contributed by atoms with Gasteiger partial charge in [-0.15, -0.1) is 0 Å². The first kappa shape index (κ1) is 14.4. The van der Waals surface area contributed by atoms with Gasteiger partial charge in [0.05, 0.1) is 16.8 Å². The van der Waals surface area contributed by atoms with Crippen molar-refractivity contribution in [2.75, 3.05) is 5.32 Å². The Morgan fingerprint density at radius 2 is 1.76 bits per heavy atom. The van der Waals surface area contributed by atoms with Crippen LogP contribution < -0.4 is 10.9 Å². The van der Waals surface area contributed by atoms with Crippen LogP contribution in [0.2, 0.25) is 0 Å². The molecule has 5 rings (SSSR count). The molecule has 0 aliphatic carbocycles. The molecule has 1 aromatic heterocycles. The quantitative estimate of drug-likeness (QED) is 0.444. The summed E-state index contributed by atoms with van der Waals surface area (Å²) in [5.74, 6) is 0. The van der Waals surface area contributed by atoms with E-state index >= 15 is 0 Å². The van der Waals surface area contributed by atoms with Crippen molar-refractivity contribution < 1.29 is 0 Å². The van der Waals surface area contributed by atoms with Crippen molar-refractivity contribution in [1.82, 2.24) is 9.78 Å². The lowest BCUT2D eigenvalue weighted by atomic mass is 9.96. The summed E-state index contributed by atoms with van der Waals surface area (Å²) in [6.07, 6.45) is 0. The van der Waals surface area contributed by atoms with E-state index in [9.17, 15) is 4.79 Å². The fourth-order valence-electron chi connectivity index (χ4n) is 3.33. The van der Waals surface area contributed by atoms with Gasteiger partial charge in [-0.1, -0.05) is 40.2 Å². The van der Waals surface area contributed by atoms with Crippen molar-refractivity contribution >= 4 is 38.2 Å². The summed E-state index contributed by atoms with van der Waals surface area (Å²) in [6, 6.07) is 21.3. The molecule has 0 atom stereocenters. The topological polar surface area (TPSA) is 46.9 Å². The van der Waals surface area contributed by atoms with E-state index in [2.05, 4.69) is 26.3 Å². The second-order valence-electron chi connectivity index (χ2n) is 5.94. The Morgan fingerprint density at radius 1 is 0.920 bits per heavy atom. The maximum Gasteiger partial charge on any atom is 0.280 e. The molecule has 0 spiro atoms. The molecule has 120 valence electrons. The smallest absolute Gasteiger partial charge is 0.280 e. The van der Waals surface area contributed by atoms with Crippen molar-refractivity contribution in [2.45, 2.75) is 0 Å². The summed E-state index contributed by atoms with van der Waals surface area (Å²) in [7, 11) is 0. The van der Waals surface area contributed by atoms with Crippen LogP contribution in [0.5, 0.6) is 0 Å². The van der Waals surface area contributed by atoms with Crippen LogP contribution in [0.25, 0.3) is 27.7 Å². The SMILES string of the molecule is O=c1c2c3c(cccc3nn1-c1ccccc1)Nc1ccc(Br)cc1-2. The number of halogens is 1. The number of nitrogens with zero attached hydrogens (tertiary/aromatic N) is 2. The number of hydrogen-bond donors (Lipinski definition) is 1. The van der Waals surface area contributed by atoms with Gasteiger partial charge in [-0.05, 0) is 42.5 Å². The summed E-state index contributed by atoms with van der Waals surface area (Å²) in [6.45, 7) is 0. The fourth-order valence-corrected chi connectivity index (χ4v) is 3.69. The van der Waals surface area contributed by atoms with E-state index in [4.69, 9.17) is 0 Å². The number of benzene rings is 3. The van der Waals surface area contributed by atoms with Crippen LogP contribution in [0.3, 0.4) is 0 Å². The highest BCUT2D eigenvalue weighted by atomic mass is 79.9. The Labute approximate surface area is 151 Å². The van der Waals surface area contributed by atoms with E-state index in [0.29, 0.717) is 5.56 Å². The maximum atomic E-state index is 13.3. The number of para-hydroxylation sites is 1. The zero-order chi connectivity index (χ0) is 17.0. The minimum Gasteiger partial charge on any atom is -0.354 e. The zero-order valence-corrected chi connectivity index (χ0v) is 14.6. The second kappa shape index (κ2) is 5.29. The molecule has 0 amide bonds. The molecule has 0 radical (unpaired) electrons. The van der Waals surface area contributed by atoms with Gasteiger partial charge in [0, 0.05) is 26.8 Å². The molecular formula is C20H12BrN3O. The molecule has 4 aromatic rings. The first-order chi connectivity index (χ1) is 12.2. The van der Waals surface area contributed by atoms with Gasteiger partial charge >= 0.3 is 0 Å². The van der Waals surface area contributed by atoms with Gasteiger partial charge in [0.1, 0.15) is 0 Å². The Balaban J connectivity index is 1.96. The predicted octanol–water partition coefficient (Wildman–Crippen LogP) is 4.87. The zero-order valence-electron chi connectivity index (χ0n) is 13.0. The first-order valence-corrected chi connectivity index (χ1v) is 8.70. The molecular weight excluding hydrogens is 378 g/mol. The highest BCUT2D eigenvalue weighted by Crippen LogP contribution is 2.42. The van der Waals surface area contributed by atoms with Crippen molar-refractivity contribution in [3.8, 4) is 16.8 Å². The number of aromatic nitrogens is 2. The van der Waals surface area contributed by atoms with Crippen molar-refractivity contribution in [2.24, 2.45) is 0 Å². The molecule has 25 heavy (non-hydrogen) atoms. The lowest BCUT2D eigenvalue weighted by Gasteiger charge is -2.22. The van der Waals surface area contributed by atoms with Crippen LogP contribution >= 0.6 is 15.9 Å². The van der Waals surface area contributed by atoms with E-state index < -0.39 is 0 Å². The van der Waals surface area contributed by atoms with E-state index in [0.717, 1.165) is 38.0 Å². The largest absolute Gasteiger partial charge is 0.354 e. The Bertz CT molecular complexity index is 1200. The minimum absolute atomic E-state index is 0.119. The van der Waals surface area contributed by atoms with E-state index in [-0.39, 0.29) is 5.56 Å². The molecule has 4 nitrogen and oxygen atoms in total. The standard InChI is InChI=1S/C20H12BrN3O/c21-12-9-10-15-14(11-12)18-19-16(22-15)7-4-8-17(19)23-24(20(18)25)13-5-2-1-3-6-13/h1-11,22H.